The molecule has 1 aromatic heterocycles. The Kier molecular flexibility index (Phi) is 5.65. The third-order valence-electron chi connectivity index (χ3n) is 3.83. The van der Waals surface area contributed by atoms with Crippen LogP contribution < -0.4 is 10.6 Å². The Balaban J connectivity index is 1.55. The van der Waals surface area contributed by atoms with Gasteiger partial charge in [0.1, 0.15) is 0 Å². The van der Waals surface area contributed by atoms with Crippen LogP contribution in [0.1, 0.15) is 18.4 Å². The minimum absolute atomic E-state index is 0.0116. The fraction of sp³-hybridized carbons (Fsp3) is 0.353. The number of aromatic nitrogens is 2. The van der Waals surface area contributed by atoms with Gasteiger partial charge in [-0.25, -0.2) is 4.98 Å². The van der Waals surface area contributed by atoms with E-state index in [9.17, 15) is 9.59 Å². The molecule has 0 atom stereocenters. The summed E-state index contributed by atoms with van der Waals surface area (Å²) >= 11 is 7.49. The smallest absolute Gasteiger partial charge is 0.239 e. The van der Waals surface area contributed by atoms with E-state index in [0.717, 1.165) is 24.1 Å². The topological polar surface area (TPSA) is 76.0 Å². The summed E-state index contributed by atoms with van der Waals surface area (Å²) in [5, 5.41) is 6.84. The highest BCUT2D eigenvalue weighted by atomic mass is 35.5. The maximum Gasteiger partial charge on any atom is 0.239 e. The van der Waals surface area contributed by atoms with Crippen molar-refractivity contribution in [2.24, 2.45) is 0 Å². The van der Waals surface area contributed by atoms with Gasteiger partial charge < -0.3 is 10.6 Å². The summed E-state index contributed by atoms with van der Waals surface area (Å²) in [5.41, 5.74) is 1.88. The number of nitrogens with zero attached hydrogens (tertiary/aromatic N) is 2. The van der Waals surface area contributed by atoms with E-state index in [4.69, 9.17) is 11.6 Å². The molecule has 0 spiro atoms. The number of amides is 2. The molecule has 2 amide bonds. The van der Waals surface area contributed by atoms with Gasteiger partial charge in [-0.1, -0.05) is 29.4 Å². The molecule has 2 aromatic rings. The molecular formula is C17H19ClN4O2S. The van der Waals surface area contributed by atoms with Gasteiger partial charge in [-0.3, -0.25) is 14.2 Å². The number of halogens is 1. The number of imidazole rings is 1. The van der Waals surface area contributed by atoms with Crippen molar-refractivity contribution in [3.8, 4) is 5.69 Å². The Morgan fingerprint density at radius 1 is 1.36 bits per heavy atom. The van der Waals surface area contributed by atoms with Crippen LogP contribution in [0.15, 0.2) is 35.7 Å². The fourth-order valence-electron chi connectivity index (χ4n) is 2.30. The summed E-state index contributed by atoms with van der Waals surface area (Å²) in [6.45, 7) is 1.95. The average molecular weight is 379 g/mol. The highest BCUT2D eigenvalue weighted by molar-refractivity contribution is 7.99. The molecule has 1 fully saturated rings. The van der Waals surface area contributed by atoms with Crippen molar-refractivity contribution < 1.29 is 9.59 Å². The molecule has 0 saturated heterocycles. The van der Waals surface area contributed by atoms with E-state index in [1.165, 1.54) is 11.8 Å². The first-order valence-electron chi connectivity index (χ1n) is 8.02. The number of hydrogen-bond donors (Lipinski definition) is 2. The molecule has 1 aliphatic rings. The van der Waals surface area contributed by atoms with Crippen molar-refractivity contribution in [3.63, 3.8) is 0 Å². The van der Waals surface area contributed by atoms with Crippen LogP contribution in [0.5, 0.6) is 0 Å². The van der Waals surface area contributed by atoms with Gasteiger partial charge in [0.15, 0.2) is 5.16 Å². The first kappa shape index (κ1) is 17.8. The number of thioether (sulfide) groups is 1. The molecule has 3 rings (SSSR count). The second-order valence-corrected chi connectivity index (χ2v) is 7.22. The Morgan fingerprint density at radius 3 is 2.92 bits per heavy atom. The zero-order valence-corrected chi connectivity index (χ0v) is 15.4. The van der Waals surface area contributed by atoms with E-state index in [1.807, 2.05) is 35.9 Å². The normalized spacial score (nSPS) is 13.5. The van der Waals surface area contributed by atoms with Crippen LogP contribution in [0.4, 0.5) is 0 Å². The standard InChI is InChI=1S/C17H19ClN4O2S/c1-11-13(18)3-2-4-14(11)22-8-7-19-17(22)25-10-16(24)20-9-15(23)21-12-5-6-12/h2-4,7-8,12H,5-6,9-10H2,1H3,(H,20,24)(H,21,23). The van der Waals surface area contributed by atoms with Crippen LogP contribution >= 0.6 is 23.4 Å². The van der Waals surface area contributed by atoms with Gasteiger partial charge in [0, 0.05) is 23.5 Å². The Bertz CT molecular complexity index is 789. The van der Waals surface area contributed by atoms with Gasteiger partial charge in [0.2, 0.25) is 11.8 Å². The lowest BCUT2D eigenvalue weighted by atomic mass is 10.2. The Hall–Kier alpha value is -1.99. The largest absolute Gasteiger partial charge is 0.352 e. The number of rotatable bonds is 7. The lowest BCUT2D eigenvalue weighted by Crippen LogP contribution is -2.38. The summed E-state index contributed by atoms with van der Waals surface area (Å²) in [4.78, 5) is 27.8. The van der Waals surface area contributed by atoms with Gasteiger partial charge >= 0.3 is 0 Å². The Labute approximate surface area is 155 Å². The van der Waals surface area contributed by atoms with E-state index in [2.05, 4.69) is 15.6 Å². The summed E-state index contributed by atoms with van der Waals surface area (Å²) in [7, 11) is 0. The molecule has 6 nitrogen and oxygen atoms in total. The van der Waals surface area contributed by atoms with Crippen LogP contribution in [0.25, 0.3) is 5.69 Å². The quantitative estimate of drug-likeness (QED) is 0.725. The van der Waals surface area contributed by atoms with E-state index >= 15 is 0 Å². The van der Waals surface area contributed by atoms with Crippen LogP contribution in [0, 0.1) is 6.92 Å². The number of benzene rings is 1. The lowest BCUT2D eigenvalue weighted by Gasteiger charge is -2.11. The first-order valence-corrected chi connectivity index (χ1v) is 9.38. The molecule has 1 heterocycles. The van der Waals surface area contributed by atoms with E-state index in [1.54, 1.807) is 6.20 Å². The van der Waals surface area contributed by atoms with Crippen molar-refractivity contribution in [2.45, 2.75) is 31.0 Å². The molecule has 2 N–H and O–H groups in total. The van der Waals surface area contributed by atoms with Crippen molar-refractivity contribution in [2.75, 3.05) is 12.3 Å². The van der Waals surface area contributed by atoms with E-state index in [-0.39, 0.29) is 24.1 Å². The highest BCUT2D eigenvalue weighted by Crippen LogP contribution is 2.26. The second-order valence-electron chi connectivity index (χ2n) is 5.87. The van der Waals surface area contributed by atoms with Gasteiger partial charge in [0.25, 0.3) is 0 Å². The van der Waals surface area contributed by atoms with Crippen LogP contribution in [0.2, 0.25) is 5.02 Å². The van der Waals surface area contributed by atoms with Gasteiger partial charge in [-0.05, 0) is 37.5 Å². The summed E-state index contributed by atoms with van der Waals surface area (Å²) in [6.07, 6.45) is 5.58. The van der Waals surface area contributed by atoms with Crippen molar-refractivity contribution >= 4 is 35.2 Å². The van der Waals surface area contributed by atoms with Gasteiger partial charge in [0.05, 0.1) is 18.0 Å². The monoisotopic (exact) mass is 378 g/mol. The zero-order valence-electron chi connectivity index (χ0n) is 13.8. The van der Waals surface area contributed by atoms with Crippen molar-refractivity contribution in [3.05, 3.63) is 41.2 Å². The van der Waals surface area contributed by atoms with Crippen LogP contribution in [0.3, 0.4) is 0 Å². The van der Waals surface area contributed by atoms with Gasteiger partial charge in [-0.15, -0.1) is 0 Å². The lowest BCUT2D eigenvalue weighted by molar-refractivity contribution is -0.124. The summed E-state index contributed by atoms with van der Waals surface area (Å²) in [6, 6.07) is 5.97. The molecule has 25 heavy (non-hydrogen) atoms. The molecule has 132 valence electrons. The third-order valence-corrected chi connectivity index (χ3v) is 5.20. The van der Waals surface area contributed by atoms with E-state index in [0.29, 0.717) is 16.2 Å². The molecule has 0 aliphatic heterocycles. The summed E-state index contributed by atoms with van der Waals surface area (Å²) < 4.78 is 1.90. The number of carbonyl (C=O) groups is 2. The maximum absolute atomic E-state index is 11.9. The minimum Gasteiger partial charge on any atom is -0.352 e. The van der Waals surface area contributed by atoms with Crippen LogP contribution in [-0.2, 0) is 9.59 Å². The molecule has 0 radical (unpaired) electrons. The minimum atomic E-state index is -0.201. The zero-order chi connectivity index (χ0) is 17.8. The predicted molar refractivity (Wildman–Crippen MR) is 98.2 cm³/mol. The molecule has 1 aliphatic carbocycles. The summed E-state index contributed by atoms with van der Waals surface area (Å²) in [5.74, 6) is -0.155. The van der Waals surface area contributed by atoms with Crippen LogP contribution in [-0.4, -0.2) is 39.7 Å². The fourth-order valence-corrected chi connectivity index (χ4v) is 3.27. The molecule has 0 bridgehead atoms. The molecule has 1 aromatic carbocycles. The van der Waals surface area contributed by atoms with E-state index < -0.39 is 0 Å². The SMILES string of the molecule is Cc1c(Cl)cccc1-n1ccnc1SCC(=O)NCC(=O)NC1CC1. The second kappa shape index (κ2) is 7.93. The Morgan fingerprint density at radius 2 is 2.16 bits per heavy atom. The maximum atomic E-state index is 11.9. The van der Waals surface area contributed by atoms with Crippen molar-refractivity contribution in [1.82, 2.24) is 20.2 Å². The molecular weight excluding hydrogens is 360 g/mol. The third kappa shape index (κ3) is 4.76. The van der Waals surface area contributed by atoms with Gasteiger partial charge in [-0.2, -0.15) is 0 Å². The predicted octanol–water partition coefficient (Wildman–Crippen LogP) is 2.32. The number of carbonyl (C=O) groups excluding carboxylic acids is 2. The highest BCUT2D eigenvalue weighted by Gasteiger charge is 2.23. The molecule has 1 saturated carbocycles. The number of hydrogen-bond acceptors (Lipinski definition) is 4. The molecule has 8 heteroatoms. The van der Waals surface area contributed by atoms with Crippen molar-refractivity contribution in [1.29, 1.82) is 0 Å². The molecule has 0 unspecified atom stereocenters. The first-order chi connectivity index (χ1) is 12.0. The number of nitrogens with one attached hydrogen (secondary N) is 2. The average Bonchev–Trinajstić information content (AvgIpc) is 3.28.